The number of rotatable bonds is 1. The van der Waals surface area contributed by atoms with Crippen molar-refractivity contribution >= 4 is 16.5 Å². The zero-order chi connectivity index (χ0) is 14.3. The Morgan fingerprint density at radius 1 is 1.25 bits per heavy atom. The fourth-order valence-corrected chi connectivity index (χ4v) is 4.18. The molecule has 1 fully saturated rings. The van der Waals surface area contributed by atoms with Gasteiger partial charge in [0.2, 0.25) is 0 Å². The number of anilines is 1. The summed E-state index contributed by atoms with van der Waals surface area (Å²) in [6, 6.07) is 0.00760. The smallest absolute Gasteiger partial charge is 0.347 e. The number of alkyl halides is 3. The molecule has 3 nitrogen and oxygen atoms in total. The molecule has 7 heteroatoms. The normalized spacial score (nSPS) is 27.5. The molecule has 2 heterocycles. The van der Waals surface area contributed by atoms with Crippen LogP contribution in [0.25, 0.3) is 0 Å². The van der Waals surface area contributed by atoms with E-state index in [9.17, 15) is 13.2 Å². The maximum atomic E-state index is 12.9. The summed E-state index contributed by atoms with van der Waals surface area (Å²) in [7, 11) is 0. The molecule has 3 rings (SSSR count). The standard InChI is InChI=1S/C13H18F3N3S/c14-13(15,16)8-3-2-6-19(7-8)12-18-10-5-1-4-9(17)11(10)20-12/h8-9H,1-7,17H2. The van der Waals surface area contributed by atoms with Crippen LogP contribution in [-0.2, 0) is 6.42 Å². The molecule has 1 aliphatic heterocycles. The van der Waals surface area contributed by atoms with Gasteiger partial charge in [0.05, 0.1) is 11.6 Å². The van der Waals surface area contributed by atoms with Crippen molar-refractivity contribution in [1.82, 2.24) is 4.98 Å². The second-order valence-electron chi connectivity index (χ2n) is 5.63. The second kappa shape index (κ2) is 5.18. The first-order chi connectivity index (χ1) is 9.45. The van der Waals surface area contributed by atoms with Gasteiger partial charge in [-0.15, -0.1) is 0 Å². The highest BCUT2D eigenvalue weighted by molar-refractivity contribution is 7.15. The van der Waals surface area contributed by atoms with Crippen LogP contribution in [0.2, 0.25) is 0 Å². The first-order valence-electron chi connectivity index (χ1n) is 7.02. The van der Waals surface area contributed by atoms with Gasteiger partial charge in [0.25, 0.3) is 0 Å². The summed E-state index contributed by atoms with van der Waals surface area (Å²) in [4.78, 5) is 7.40. The van der Waals surface area contributed by atoms with E-state index in [4.69, 9.17) is 5.73 Å². The van der Waals surface area contributed by atoms with Crippen LogP contribution in [0.5, 0.6) is 0 Å². The van der Waals surface area contributed by atoms with E-state index in [0.29, 0.717) is 13.0 Å². The lowest BCUT2D eigenvalue weighted by atomic mass is 9.98. The fourth-order valence-electron chi connectivity index (χ4n) is 2.99. The number of nitrogens with zero attached hydrogens (tertiary/aromatic N) is 2. The van der Waals surface area contributed by atoms with Crippen LogP contribution in [0.1, 0.15) is 42.3 Å². The maximum Gasteiger partial charge on any atom is 0.393 e. The number of aromatic nitrogens is 1. The van der Waals surface area contributed by atoms with Crippen LogP contribution in [-0.4, -0.2) is 24.2 Å². The number of hydrogen-bond acceptors (Lipinski definition) is 4. The Labute approximate surface area is 120 Å². The van der Waals surface area contributed by atoms with Gasteiger partial charge in [-0.05, 0) is 32.1 Å². The Morgan fingerprint density at radius 2 is 2.05 bits per heavy atom. The van der Waals surface area contributed by atoms with E-state index in [1.165, 1.54) is 11.3 Å². The highest BCUT2D eigenvalue weighted by Crippen LogP contribution is 2.39. The monoisotopic (exact) mass is 305 g/mol. The Balaban J connectivity index is 1.79. The summed E-state index contributed by atoms with van der Waals surface area (Å²) in [6.07, 6.45) is -0.449. The Morgan fingerprint density at radius 3 is 2.75 bits per heavy atom. The lowest BCUT2D eigenvalue weighted by Gasteiger charge is -2.33. The van der Waals surface area contributed by atoms with Crippen LogP contribution in [0.15, 0.2) is 0 Å². The third kappa shape index (κ3) is 2.65. The number of aryl methyl sites for hydroxylation is 1. The van der Waals surface area contributed by atoms with Gasteiger partial charge >= 0.3 is 6.18 Å². The van der Waals surface area contributed by atoms with Gasteiger partial charge in [0.1, 0.15) is 0 Å². The molecule has 1 saturated heterocycles. The highest BCUT2D eigenvalue weighted by Gasteiger charge is 2.42. The number of halogens is 3. The third-order valence-electron chi connectivity index (χ3n) is 4.14. The van der Waals surface area contributed by atoms with Gasteiger partial charge in [-0.25, -0.2) is 4.98 Å². The molecule has 0 bridgehead atoms. The number of piperidine rings is 1. The minimum atomic E-state index is -4.11. The quantitative estimate of drug-likeness (QED) is 0.866. The number of hydrogen-bond donors (Lipinski definition) is 1. The van der Waals surface area contributed by atoms with E-state index < -0.39 is 12.1 Å². The molecule has 0 spiro atoms. The molecule has 1 aliphatic carbocycles. The SMILES string of the molecule is NC1CCCc2nc(N3CCCC(C(F)(F)F)C3)sc21. The molecule has 1 aromatic rings. The summed E-state index contributed by atoms with van der Waals surface area (Å²) in [5, 5.41) is 0.723. The van der Waals surface area contributed by atoms with Crippen molar-refractivity contribution in [1.29, 1.82) is 0 Å². The molecular formula is C13H18F3N3S. The molecule has 0 aromatic carbocycles. The minimum Gasteiger partial charge on any atom is -0.347 e. The topological polar surface area (TPSA) is 42.1 Å². The third-order valence-corrected chi connectivity index (χ3v) is 5.43. The van der Waals surface area contributed by atoms with Gasteiger partial charge in [-0.1, -0.05) is 11.3 Å². The number of fused-ring (bicyclic) bond motifs is 1. The van der Waals surface area contributed by atoms with Crippen molar-refractivity contribution in [2.45, 2.75) is 44.3 Å². The molecule has 2 atom stereocenters. The fraction of sp³-hybridized carbons (Fsp3) is 0.769. The number of nitrogens with two attached hydrogens (primary N) is 1. The Hall–Kier alpha value is -0.820. The van der Waals surface area contributed by atoms with E-state index in [0.717, 1.165) is 35.0 Å². The van der Waals surface area contributed by atoms with Gasteiger partial charge in [0.15, 0.2) is 5.13 Å². The predicted octanol–water partition coefficient (Wildman–Crippen LogP) is 3.26. The van der Waals surface area contributed by atoms with Crippen molar-refractivity contribution in [3.63, 3.8) is 0 Å². The average Bonchev–Trinajstić information content (AvgIpc) is 2.83. The van der Waals surface area contributed by atoms with E-state index in [1.54, 1.807) is 4.90 Å². The molecule has 0 saturated carbocycles. The maximum absolute atomic E-state index is 12.9. The summed E-state index contributed by atoms with van der Waals surface area (Å²) in [5.41, 5.74) is 7.06. The lowest BCUT2D eigenvalue weighted by molar-refractivity contribution is -0.175. The Bertz CT molecular complexity index is 486. The van der Waals surface area contributed by atoms with E-state index in [1.807, 2.05) is 0 Å². The summed E-state index contributed by atoms with van der Waals surface area (Å²) in [5.74, 6) is -1.23. The molecule has 0 amide bonds. The minimum absolute atomic E-state index is 0.00760. The van der Waals surface area contributed by atoms with Gasteiger partial charge in [0, 0.05) is 24.0 Å². The summed E-state index contributed by atoms with van der Waals surface area (Å²) < 4.78 is 38.6. The second-order valence-corrected chi connectivity index (χ2v) is 6.64. The molecule has 1 aromatic heterocycles. The van der Waals surface area contributed by atoms with Crippen molar-refractivity contribution < 1.29 is 13.2 Å². The molecule has 2 unspecified atom stereocenters. The molecule has 2 N–H and O–H groups in total. The molecule has 20 heavy (non-hydrogen) atoms. The van der Waals surface area contributed by atoms with Crippen LogP contribution in [0.3, 0.4) is 0 Å². The predicted molar refractivity (Wildman–Crippen MR) is 73.0 cm³/mol. The van der Waals surface area contributed by atoms with Crippen LogP contribution >= 0.6 is 11.3 Å². The zero-order valence-electron chi connectivity index (χ0n) is 11.1. The van der Waals surface area contributed by atoms with Crippen molar-refractivity contribution in [3.8, 4) is 0 Å². The van der Waals surface area contributed by atoms with Crippen LogP contribution in [0, 0.1) is 5.92 Å². The van der Waals surface area contributed by atoms with Crippen LogP contribution in [0.4, 0.5) is 18.3 Å². The molecule has 112 valence electrons. The molecular weight excluding hydrogens is 287 g/mol. The zero-order valence-corrected chi connectivity index (χ0v) is 11.9. The van der Waals surface area contributed by atoms with Gasteiger partial charge in [-0.2, -0.15) is 13.2 Å². The largest absolute Gasteiger partial charge is 0.393 e. The van der Waals surface area contributed by atoms with E-state index in [2.05, 4.69) is 4.98 Å². The van der Waals surface area contributed by atoms with Crippen molar-refractivity contribution in [2.75, 3.05) is 18.0 Å². The molecule has 2 aliphatic rings. The van der Waals surface area contributed by atoms with Crippen molar-refractivity contribution in [2.24, 2.45) is 11.7 Å². The first-order valence-corrected chi connectivity index (χ1v) is 7.83. The average molecular weight is 305 g/mol. The summed E-state index contributed by atoms with van der Waals surface area (Å²) in [6.45, 7) is 0.694. The Kier molecular flexibility index (Phi) is 3.66. The van der Waals surface area contributed by atoms with Crippen molar-refractivity contribution in [3.05, 3.63) is 10.6 Å². The van der Waals surface area contributed by atoms with Crippen LogP contribution < -0.4 is 10.6 Å². The molecule has 0 radical (unpaired) electrons. The van der Waals surface area contributed by atoms with E-state index in [-0.39, 0.29) is 19.0 Å². The number of thiazole rings is 1. The lowest BCUT2D eigenvalue weighted by Crippen LogP contribution is -2.41. The van der Waals surface area contributed by atoms with E-state index >= 15 is 0 Å². The first kappa shape index (κ1) is 14.1. The summed E-state index contributed by atoms with van der Waals surface area (Å²) >= 11 is 1.49. The van der Waals surface area contributed by atoms with Gasteiger partial charge < -0.3 is 10.6 Å². The van der Waals surface area contributed by atoms with Gasteiger partial charge in [-0.3, -0.25) is 0 Å². The highest BCUT2D eigenvalue weighted by atomic mass is 32.1.